The van der Waals surface area contributed by atoms with Gasteiger partial charge in [-0.15, -0.1) is 11.8 Å². The van der Waals surface area contributed by atoms with E-state index in [0.29, 0.717) is 34.8 Å². The number of carbonyl (C=O) groups is 1. The number of fused-ring (bicyclic) bond motifs is 1. The second kappa shape index (κ2) is 7.96. The van der Waals surface area contributed by atoms with Crippen molar-refractivity contribution in [2.24, 2.45) is 23.5 Å². The summed E-state index contributed by atoms with van der Waals surface area (Å²) in [5, 5.41) is 11.5. The van der Waals surface area contributed by atoms with Crippen LogP contribution in [0.15, 0.2) is 23.1 Å². The SMILES string of the molecule is CC(C)CCSc1ccc(C(=O)N2CC3CCC(N)C3C2)cc1[N+](=O)[O-]. The number of hydrogen-bond acceptors (Lipinski definition) is 5. The van der Waals surface area contributed by atoms with Crippen LogP contribution in [0, 0.1) is 27.9 Å². The van der Waals surface area contributed by atoms with E-state index in [9.17, 15) is 14.9 Å². The molecule has 0 bridgehead atoms. The molecule has 7 heteroatoms. The summed E-state index contributed by atoms with van der Waals surface area (Å²) in [6.07, 6.45) is 3.10. The molecule has 0 aromatic heterocycles. The highest BCUT2D eigenvalue weighted by Gasteiger charge is 2.42. The van der Waals surface area contributed by atoms with Crippen molar-refractivity contribution in [2.45, 2.75) is 44.0 Å². The molecule has 1 amide bonds. The van der Waals surface area contributed by atoms with Gasteiger partial charge >= 0.3 is 0 Å². The van der Waals surface area contributed by atoms with E-state index in [0.717, 1.165) is 31.6 Å². The Kier molecular flexibility index (Phi) is 5.87. The molecule has 26 heavy (non-hydrogen) atoms. The number of nitrogens with two attached hydrogens (primary N) is 1. The zero-order valence-electron chi connectivity index (χ0n) is 15.4. The topological polar surface area (TPSA) is 89.5 Å². The lowest BCUT2D eigenvalue weighted by Gasteiger charge is -2.19. The number of thioether (sulfide) groups is 1. The van der Waals surface area contributed by atoms with Gasteiger partial charge in [0.25, 0.3) is 11.6 Å². The maximum atomic E-state index is 12.8. The van der Waals surface area contributed by atoms with Crippen LogP contribution in [0.4, 0.5) is 5.69 Å². The number of hydrogen-bond donors (Lipinski definition) is 1. The average Bonchev–Trinajstić information content (AvgIpc) is 3.16. The number of likely N-dealkylation sites (tertiary alicyclic amines) is 1. The molecular weight excluding hydrogens is 350 g/mol. The molecule has 142 valence electrons. The van der Waals surface area contributed by atoms with Crippen molar-refractivity contribution < 1.29 is 9.72 Å². The van der Waals surface area contributed by atoms with E-state index in [-0.39, 0.29) is 22.6 Å². The molecule has 2 N–H and O–H groups in total. The standard InChI is InChI=1S/C19H27N3O3S/c1-12(2)7-8-26-18-6-4-13(9-17(18)22(24)25)19(23)21-10-14-3-5-16(20)15(14)11-21/h4,6,9,12,14-16H,3,5,7-8,10-11,20H2,1-2H3. The summed E-state index contributed by atoms with van der Waals surface area (Å²) in [4.78, 5) is 26.4. The summed E-state index contributed by atoms with van der Waals surface area (Å²) in [6.45, 7) is 5.65. The molecule has 1 saturated heterocycles. The lowest BCUT2D eigenvalue weighted by Crippen LogP contribution is -2.33. The maximum absolute atomic E-state index is 12.8. The Labute approximate surface area is 158 Å². The monoisotopic (exact) mass is 377 g/mol. The number of amides is 1. The van der Waals surface area contributed by atoms with Crippen LogP contribution >= 0.6 is 11.8 Å². The second-order valence-electron chi connectivity index (χ2n) is 7.85. The van der Waals surface area contributed by atoms with E-state index in [2.05, 4.69) is 13.8 Å². The Hall–Kier alpha value is -1.60. The van der Waals surface area contributed by atoms with E-state index in [1.807, 2.05) is 4.90 Å². The smallest absolute Gasteiger partial charge is 0.283 e. The quantitative estimate of drug-likeness (QED) is 0.465. The highest BCUT2D eigenvalue weighted by atomic mass is 32.2. The zero-order valence-corrected chi connectivity index (χ0v) is 16.2. The summed E-state index contributed by atoms with van der Waals surface area (Å²) in [7, 11) is 0. The number of rotatable bonds is 6. The highest BCUT2D eigenvalue weighted by molar-refractivity contribution is 7.99. The fourth-order valence-electron chi connectivity index (χ4n) is 3.98. The molecule has 0 spiro atoms. The van der Waals surface area contributed by atoms with Gasteiger partial charge in [-0.25, -0.2) is 0 Å². The second-order valence-corrected chi connectivity index (χ2v) is 8.98. The number of carbonyl (C=O) groups excluding carboxylic acids is 1. The van der Waals surface area contributed by atoms with Crippen LogP contribution in [0.25, 0.3) is 0 Å². The van der Waals surface area contributed by atoms with E-state index in [1.165, 1.54) is 17.8 Å². The van der Waals surface area contributed by atoms with Crippen molar-refractivity contribution in [3.05, 3.63) is 33.9 Å². The molecule has 1 saturated carbocycles. The Morgan fingerprint density at radius 3 is 2.81 bits per heavy atom. The van der Waals surface area contributed by atoms with Crippen LogP contribution in [-0.4, -0.2) is 40.6 Å². The molecule has 1 aromatic carbocycles. The minimum atomic E-state index is -0.386. The molecule has 3 unspecified atom stereocenters. The molecule has 3 rings (SSSR count). The van der Waals surface area contributed by atoms with Crippen LogP contribution in [0.5, 0.6) is 0 Å². The van der Waals surface area contributed by atoms with Crippen molar-refractivity contribution in [3.8, 4) is 0 Å². The Bertz CT molecular complexity index is 695. The third-order valence-electron chi connectivity index (χ3n) is 5.55. The molecule has 1 heterocycles. The molecule has 1 aromatic rings. The van der Waals surface area contributed by atoms with Gasteiger partial charge in [0.15, 0.2) is 0 Å². The Morgan fingerprint density at radius 1 is 1.38 bits per heavy atom. The van der Waals surface area contributed by atoms with Crippen molar-refractivity contribution in [1.82, 2.24) is 4.90 Å². The molecule has 1 aliphatic heterocycles. The summed E-state index contributed by atoms with van der Waals surface area (Å²) in [6, 6.07) is 5.06. The molecule has 3 atom stereocenters. The third-order valence-corrected chi connectivity index (χ3v) is 6.65. The third kappa shape index (κ3) is 4.04. The Balaban J connectivity index is 1.73. The maximum Gasteiger partial charge on any atom is 0.283 e. The van der Waals surface area contributed by atoms with Crippen LogP contribution in [0.1, 0.15) is 43.5 Å². The minimum absolute atomic E-state index is 0.0284. The first-order valence-corrected chi connectivity index (χ1v) is 10.3. The Morgan fingerprint density at radius 2 is 2.15 bits per heavy atom. The molecule has 1 aliphatic carbocycles. The highest BCUT2D eigenvalue weighted by Crippen LogP contribution is 2.38. The van der Waals surface area contributed by atoms with Gasteiger partial charge in [-0.3, -0.25) is 14.9 Å². The van der Waals surface area contributed by atoms with E-state index in [1.54, 1.807) is 12.1 Å². The lowest BCUT2D eigenvalue weighted by atomic mass is 9.98. The van der Waals surface area contributed by atoms with E-state index < -0.39 is 0 Å². The van der Waals surface area contributed by atoms with E-state index in [4.69, 9.17) is 5.73 Å². The van der Waals surface area contributed by atoms with Gasteiger partial charge in [-0.1, -0.05) is 13.8 Å². The van der Waals surface area contributed by atoms with Crippen LogP contribution in [0.2, 0.25) is 0 Å². The zero-order chi connectivity index (χ0) is 18.8. The van der Waals surface area contributed by atoms with Gasteiger partial charge in [0, 0.05) is 30.8 Å². The van der Waals surface area contributed by atoms with Gasteiger partial charge in [0.2, 0.25) is 0 Å². The van der Waals surface area contributed by atoms with Crippen LogP contribution < -0.4 is 5.73 Å². The lowest BCUT2D eigenvalue weighted by molar-refractivity contribution is -0.387. The summed E-state index contributed by atoms with van der Waals surface area (Å²) in [5.41, 5.74) is 6.57. The predicted octanol–water partition coefficient (Wildman–Crippen LogP) is 3.54. The first-order chi connectivity index (χ1) is 12.4. The summed E-state index contributed by atoms with van der Waals surface area (Å²) < 4.78 is 0. The first-order valence-electron chi connectivity index (χ1n) is 9.33. The molecule has 2 fully saturated rings. The molecule has 6 nitrogen and oxygen atoms in total. The van der Waals surface area contributed by atoms with Crippen molar-refractivity contribution in [3.63, 3.8) is 0 Å². The van der Waals surface area contributed by atoms with Crippen LogP contribution in [0.3, 0.4) is 0 Å². The predicted molar refractivity (Wildman–Crippen MR) is 103 cm³/mol. The van der Waals surface area contributed by atoms with Gasteiger partial charge in [0.05, 0.1) is 9.82 Å². The van der Waals surface area contributed by atoms with Gasteiger partial charge in [0.1, 0.15) is 0 Å². The fourth-order valence-corrected chi connectivity index (χ4v) is 5.23. The van der Waals surface area contributed by atoms with Crippen molar-refractivity contribution in [1.29, 1.82) is 0 Å². The minimum Gasteiger partial charge on any atom is -0.338 e. The van der Waals surface area contributed by atoms with Crippen molar-refractivity contribution >= 4 is 23.4 Å². The largest absolute Gasteiger partial charge is 0.338 e. The normalized spacial score (nSPS) is 24.9. The van der Waals surface area contributed by atoms with Gasteiger partial charge in [-0.05, 0) is 54.9 Å². The molecule has 0 radical (unpaired) electrons. The van der Waals surface area contributed by atoms with Crippen molar-refractivity contribution in [2.75, 3.05) is 18.8 Å². The number of nitro benzene ring substituents is 1. The van der Waals surface area contributed by atoms with Crippen LogP contribution in [-0.2, 0) is 0 Å². The van der Waals surface area contributed by atoms with E-state index >= 15 is 0 Å². The molecule has 2 aliphatic rings. The average molecular weight is 378 g/mol. The summed E-state index contributed by atoms with van der Waals surface area (Å²) in [5.74, 6) is 2.13. The fraction of sp³-hybridized carbons (Fsp3) is 0.632. The number of benzene rings is 1. The number of nitrogens with zero attached hydrogens (tertiary/aromatic N) is 2. The van der Waals surface area contributed by atoms with Gasteiger partial charge < -0.3 is 10.6 Å². The number of nitro groups is 1. The molecular formula is C19H27N3O3S. The first kappa shape index (κ1) is 19.2. The van der Waals surface area contributed by atoms with Gasteiger partial charge in [-0.2, -0.15) is 0 Å². The summed E-state index contributed by atoms with van der Waals surface area (Å²) >= 11 is 1.49.